The SMILES string of the molecule is C.C1CCOC1.CCOC(=O)c1ccncc1O.CCOC(=O)c1ccncc1OCc1ncccn1.CO.CO.COC(=O)c1ncccn1.Cl.O=S(=O)(OS(=O)(=O)C(F)(F)F)C(F)(F)F.O=S(=O)(Oc1c(-c2ncccn2)oc2cnccc12)C(F)(F)F.OCc1ncccn1.Oc1c(-c2ncccn2)oc2cnccc12.[B].[C-]#[N+]c1ncccn1.[H-].[H-].[Na+].[Na+]. The van der Waals surface area contributed by atoms with Crippen molar-refractivity contribution in [1.82, 2.24) is 79.7 Å². The quantitative estimate of drug-likeness (QED) is 0.0184. The number of halogens is 10. The minimum Gasteiger partial charge on any atom is -1.00 e. The summed E-state index contributed by atoms with van der Waals surface area (Å²) in [4.78, 5) is 97.5. The number of carbonyl (C=O) groups excluding carboxylic acids is 3. The van der Waals surface area contributed by atoms with Gasteiger partial charge in [-0.25, -0.2) is 64.2 Å². The molecule has 0 saturated carbocycles. The number of ether oxygens (including phenoxy) is 5. The zero-order valence-electron chi connectivity index (χ0n) is 67.3. The molecule has 0 spiro atoms. The number of aromatic hydroxyl groups is 2. The first-order chi connectivity index (χ1) is 57.1. The van der Waals surface area contributed by atoms with Crippen LogP contribution < -0.4 is 68.0 Å². The van der Waals surface area contributed by atoms with E-state index in [4.69, 9.17) is 50.0 Å². The van der Waals surface area contributed by atoms with E-state index in [-0.39, 0.29) is 161 Å². The van der Waals surface area contributed by atoms with E-state index in [1.54, 1.807) is 118 Å². The normalized spacial score (nSPS) is 10.8. The summed E-state index contributed by atoms with van der Waals surface area (Å²) in [6.45, 7) is 12.6. The largest absolute Gasteiger partial charge is 1.00 e. The van der Waals surface area contributed by atoms with Crippen LogP contribution in [0.5, 0.6) is 23.0 Å². The Morgan fingerprint density at radius 1 is 0.512 bits per heavy atom. The minimum atomic E-state index is -6.85. The van der Waals surface area contributed by atoms with E-state index < -0.39 is 70.5 Å². The van der Waals surface area contributed by atoms with E-state index >= 15 is 0 Å². The summed E-state index contributed by atoms with van der Waals surface area (Å²) in [7, 11) is -16.3. The van der Waals surface area contributed by atoms with Crippen LogP contribution in [-0.4, -0.2) is 221 Å². The molecule has 0 bridgehead atoms. The number of carbonyl (C=O) groups is 3. The van der Waals surface area contributed by atoms with E-state index in [2.05, 4.69) is 98.2 Å². The molecule has 1 fully saturated rings. The topological polar surface area (TPSA) is 556 Å². The number of nitrogens with zero attached hydrogens (tertiary/aromatic N) is 17. The second-order valence-electron chi connectivity index (χ2n) is 20.3. The smallest absolute Gasteiger partial charge is 1.00 e. The van der Waals surface area contributed by atoms with Crippen LogP contribution in [0.4, 0.5) is 45.5 Å². The molecular formula is C69H73BClF9N17Na2O23S3. The zero-order valence-corrected chi connectivity index (χ0v) is 72.5. The van der Waals surface area contributed by atoms with Crippen molar-refractivity contribution in [2.24, 2.45) is 0 Å². The van der Waals surface area contributed by atoms with Crippen LogP contribution in [0.1, 0.15) is 80.0 Å². The number of esters is 3. The molecule has 5 N–H and O–H groups in total. The van der Waals surface area contributed by atoms with Crippen molar-refractivity contribution in [3.63, 3.8) is 0 Å². The third-order valence-electron chi connectivity index (χ3n) is 12.4. The van der Waals surface area contributed by atoms with E-state index in [9.17, 15) is 84.3 Å². The number of rotatable bonds is 15. The zero-order chi connectivity index (χ0) is 89.4. The maximum atomic E-state index is 12.6. The summed E-state index contributed by atoms with van der Waals surface area (Å²) in [5.41, 5.74) is -17.1. The van der Waals surface area contributed by atoms with Crippen molar-refractivity contribution in [2.75, 3.05) is 47.8 Å². The Bertz CT molecular complexity index is 5440. The number of fused-ring (bicyclic) bond motifs is 2. The third kappa shape index (κ3) is 40.4. The summed E-state index contributed by atoms with van der Waals surface area (Å²) in [6.07, 6.45) is 32.1. The van der Waals surface area contributed by atoms with Crippen LogP contribution in [0, 0.1) is 6.57 Å². The fourth-order valence-electron chi connectivity index (χ4n) is 7.38. The molecule has 0 unspecified atom stereocenters. The van der Waals surface area contributed by atoms with Crippen LogP contribution in [0.25, 0.3) is 50.0 Å². The Hall–Kier alpha value is -11.4. The van der Waals surface area contributed by atoms with Crippen molar-refractivity contribution in [3.05, 3.63) is 225 Å². The van der Waals surface area contributed by atoms with Crippen molar-refractivity contribution >= 4 is 97.0 Å². The monoisotopic (exact) mass is 1870 g/mol. The molecule has 12 aromatic heterocycles. The molecule has 0 atom stereocenters. The van der Waals surface area contributed by atoms with Gasteiger partial charge in [-0.2, -0.15) is 74.7 Å². The Balaban J connectivity index is -0.000000445. The van der Waals surface area contributed by atoms with Gasteiger partial charge in [0.25, 0.3) is 0 Å². The number of hydrogen-bond donors (Lipinski definition) is 5. The average Bonchev–Trinajstić information content (AvgIpc) is 1.56. The summed E-state index contributed by atoms with van der Waals surface area (Å²) in [5, 5.41) is 42.1. The molecule has 0 amide bonds. The predicted molar refractivity (Wildman–Crippen MR) is 415 cm³/mol. The van der Waals surface area contributed by atoms with Gasteiger partial charge in [-0.1, -0.05) is 7.43 Å². The molecule has 665 valence electrons. The molecule has 12 aromatic rings. The van der Waals surface area contributed by atoms with Crippen molar-refractivity contribution in [1.29, 1.82) is 0 Å². The van der Waals surface area contributed by atoms with Gasteiger partial charge in [-0.05, 0) is 81.3 Å². The van der Waals surface area contributed by atoms with Gasteiger partial charge in [0.05, 0.1) is 68.3 Å². The Labute approximate surface area is 760 Å². The van der Waals surface area contributed by atoms with Gasteiger partial charge in [0, 0.05) is 129 Å². The maximum Gasteiger partial charge on any atom is 1.00 e. The van der Waals surface area contributed by atoms with Crippen LogP contribution >= 0.6 is 12.4 Å². The van der Waals surface area contributed by atoms with E-state index in [1.807, 2.05) is 3.63 Å². The number of aromatic nitrogens is 16. The van der Waals surface area contributed by atoms with Gasteiger partial charge in [0.1, 0.15) is 30.1 Å². The van der Waals surface area contributed by atoms with Gasteiger partial charge in [0.15, 0.2) is 51.7 Å². The molecule has 56 heteroatoms. The number of furan rings is 2. The number of alkyl halides is 9. The van der Waals surface area contributed by atoms with Crippen LogP contribution in [0.3, 0.4) is 0 Å². The average molecular weight is 1870 g/mol. The molecular weight excluding hydrogens is 1790 g/mol. The number of methoxy groups -OCH3 is 1. The van der Waals surface area contributed by atoms with Gasteiger partial charge in [-0.3, -0.25) is 19.9 Å². The van der Waals surface area contributed by atoms with E-state index in [0.29, 0.717) is 53.0 Å². The van der Waals surface area contributed by atoms with Crippen molar-refractivity contribution < 1.29 is 207 Å². The first kappa shape index (κ1) is 118. The van der Waals surface area contributed by atoms with Crippen molar-refractivity contribution in [2.45, 2.75) is 63.9 Å². The summed E-state index contributed by atoms with van der Waals surface area (Å²) in [6, 6.07) is 15.8. The minimum absolute atomic E-state index is 0. The van der Waals surface area contributed by atoms with Gasteiger partial charge < -0.3 is 69.9 Å². The molecule has 1 saturated heterocycles. The van der Waals surface area contributed by atoms with Gasteiger partial charge >= 0.3 is 130 Å². The molecule has 3 radical (unpaired) electrons. The first-order valence-corrected chi connectivity index (χ1v) is 36.8. The molecule has 1 aliphatic heterocycles. The maximum absolute atomic E-state index is 12.6. The molecule has 13 heterocycles. The fourth-order valence-corrected chi connectivity index (χ4v) is 9.42. The Morgan fingerprint density at radius 3 is 1.28 bits per heavy atom. The summed E-state index contributed by atoms with van der Waals surface area (Å²) in [5.74, 6) is -0.450. The molecule has 0 aliphatic carbocycles. The number of pyridine rings is 4. The third-order valence-corrected chi connectivity index (χ3v) is 15.9. The summed E-state index contributed by atoms with van der Waals surface area (Å²) >= 11 is 0. The number of aliphatic hydroxyl groups excluding tert-OH is 3. The first-order valence-electron chi connectivity index (χ1n) is 32.6. The van der Waals surface area contributed by atoms with E-state index in [0.717, 1.165) is 27.4 Å². The second-order valence-corrected chi connectivity index (χ2v) is 25.1. The Kier molecular flexibility index (Phi) is 57.5. The standard InChI is InChI=1S/C13H13N3O3.C12H6F3N3O4S.C11H7N3O2.C8H9NO3.C6H6N2O2.C5H3N3.C5H6N2O.C4H8O.C2F6O5S2.2CH4O.CH4.B.ClH.2Na.2H/c1-2-18-13(17)10-4-7-14-8-11(10)19-9-12-15-5-3-6-16-12;13-12(14,15)23(19,20)22-9-7-2-5-16-6-8(7)21-10(9)11-17-3-1-4-18-11;15-9-7-2-5-12-6-8(7)16-10(9)11-13-3-1-4-14-11;1-2-12-8(11)6-3-4-9-5-7(6)10;1-10-6(9)5-7-3-2-4-8-5;1-6-5-7-3-2-4-8-5;8-4-5-6-2-1-3-7-5;1-2-4-5-3-1;3-1(4,5)14(9,10)13-15(11,12)2(6,7)8;2*1-2;;;;;;;/h3-8H,2,9H2,1H3;1-6H;1-6,15H;3-5,10H,2H2,1H3;2-4H,1H3;2-4H;1-3,8H,4H2;1-4H2;;2*2H,1H3;1H4;;1H;;;;/q;;;;;;;;;;;;;;2*+1;2*-1. The second kappa shape index (κ2) is 61.0. The molecule has 1 aliphatic rings. The molecule has 0 aromatic carbocycles. The molecule has 40 nitrogen and oxygen atoms in total. The number of aliphatic hydroxyl groups is 3. The van der Waals surface area contributed by atoms with Crippen LogP contribution in [0.2, 0.25) is 0 Å². The van der Waals surface area contributed by atoms with Gasteiger partial charge in [-0.15, -0.1) is 22.6 Å². The van der Waals surface area contributed by atoms with Gasteiger partial charge in [0.2, 0.25) is 17.3 Å². The molecule has 125 heavy (non-hydrogen) atoms. The summed E-state index contributed by atoms with van der Waals surface area (Å²) < 4.78 is 210. The van der Waals surface area contributed by atoms with E-state index in [1.165, 1.54) is 100 Å². The fraction of sp³-hybridized carbons (Fsp3) is 0.246. The molecule has 13 rings (SSSR count). The Morgan fingerprint density at radius 2 is 0.888 bits per heavy atom. The van der Waals surface area contributed by atoms with Crippen LogP contribution in [-0.2, 0) is 66.1 Å². The van der Waals surface area contributed by atoms with Crippen molar-refractivity contribution in [3.8, 4) is 46.2 Å². The van der Waals surface area contributed by atoms with Crippen LogP contribution in [0.15, 0.2) is 193 Å². The number of hydrogen-bond acceptors (Lipinski definition) is 39. The predicted octanol–water partition coefficient (Wildman–Crippen LogP) is 3.98.